The van der Waals surface area contributed by atoms with Crippen LogP contribution in [0.1, 0.15) is 20.8 Å². The van der Waals surface area contributed by atoms with Crippen LogP contribution in [-0.2, 0) is 20.1 Å². The first-order valence-corrected chi connectivity index (χ1v) is 5.04. The Morgan fingerprint density at radius 3 is 2.17 bits per heavy atom. The molecule has 1 aromatic carbocycles. The number of rotatable bonds is 2. The van der Waals surface area contributed by atoms with Gasteiger partial charge in [-0.05, 0) is 17.7 Å². The van der Waals surface area contributed by atoms with Crippen LogP contribution in [-0.4, -0.2) is 16.8 Å². The summed E-state index contributed by atoms with van der Waals surface area (Å²) in [6.45, 7) is 0. The Labute approximate surface area is 118 Å². The minimum absolute atomic E-state index is 0. The Morgan fingerprint density at radius 2 is 1.56 bits per heavy atom. The van der Waals surface area contributed by atoms with Crippen LogP contribution in [0.2, 0.25) is 0 Å². The third kappa shape index (κ3) is 3.58. The van der Waals surface area contributed by atoms with E-state index < -0.39 is 11.8 Å². The number of carbonyl (C=O) groups excluding carboxylic acids is 2. The predicted molar refractivity (Wildman–Crippen MR) is 62.7 cm³/mol. The van der Waals surface area contributed by atoms with Gasteiger partial charge in [0, 0.05) is 26.3 Å². The first-order chi connectivity index (χ1) is 8.27. The molecule has 0 aliphatic heterocycles. The molecule has 4 nitrogen and oxygen atoms in total. The Morgan fingerprint density at radius 1 is 0.889 bits per heavy atom. The third-order valence-electron chi connectivity index (χ3n) is 2.11. The third-order valence-corrected chi connectivity index (χ3v) is 2.11. The zero-order valence-corrected chi connectivity index (χ0v) is 11.6. The molecular weight excluding hydrogens is 408 g/mol. The summed E-state index contributed by atoms with van der Waals surface area (Å²) in [5.74, 6) is -1.18. The first kappa shape index (κ1) is 14.2. The van der Waals surface area contributed by atoms with Crippen molar-refractivity contribution in [3.05, 3.63) is 71.3 Å². The zero-order chi connectivity index (χ0) is 12.1. The average molecular weight is 417 g/mol. The summed E-state index contributed by atoms with van der Waals surface area (Å²) in [5.41, 5.74) is 0.550. The summed E-state index contributed by atoms with van der Waals surface area (Å²) in [6, 6.07) is 13.3. The van der Waals surface area contributed by atoms with E-state index in [0.29, 0.717) is 5.56 Å². The van der Waals surface area contributed by atoms with E-state index in [4.69, 9.17) is 0 Å². The summed E-state index contributed by atoms with van der Waals surface area (Å²) >= 11 is 0. The van der Waals surface area contributed by atoms with Gasteiger partial charge in [-0.2, -0.15) is 0 Å². The second kappa shape index (κ2) is 6.79. The van der Waals surface area contributed by atoms with Crippen LogP contribution in [0, 0.1) is 0 Å². The second-order valence-corrected chi connectivity index (χ2v) is 3.30. The minimum Gasteiger partial charge on any atom is -0.586 e. The zero-order valence-electron chi connectivity index (χ0n) is 9.24. The molecule has 0 aliphatic carbocycles. The topological polar surface area (TPSA) is 61.1 Å². The molecule has 0 saturated heterocycles. The first-order valence-electron chi connectivity index (χ1n) is 5.04. The van der Waals surface area contributed by atoms with Gasteiger partial charge < -0.3 is 14.9 Å². The number of aromatic nitrogens is 1. The molecule has 0 atom stereocenters. The van der Waals surface area contributed by atoms with Gasteiger partial charge in [0.1, 0.15) is 5.91 Å². The molecule has 0 fully saturated rings. The number of carbonyl (C=O) groups is 2. The monoisotopic (exact) mass is 418 g/mol. The van der Waals surface area contributed by atoms with E-state index in [-0.39, 0.29) is 25.8 Å². The van der Waals surface area contributed by atoms with Gasteiger partial charge in [-0.25, -0.2) is 0 Å². The van der Waals surface area contributed by atoms with E-state index in [1.165, 1.54) is 12.3 Å². The van der Waals surface area contributed by atoms with Gasteiger partial charge in [0.15, 0.2) is 0 Å². The molecule has 2 aromatic rings. The SMILES string of the molecule is O=C([N-]C(=O)c1ccccn1)c1ccccc1.[Ir]. The van der Waals surface area contributed by atoms with Gasteiger partial charge in [-0.15, -0.1) is 0 Å². The molecule has 0 aliphatic rings. The summed E-state index contributed by atoms with van der Waals surface area (Å²) in [5, 5.41) is 3.48. The summed E-state index contributed by atoms with van der Waals surface area (Å²) in [6.07, 6.45) is 1.48. The minimum atomic E-state index is -0.626. The van der Waals surface area contributed by atoms with Gasteiger partial charge in [-0.3, -0.25) is 4.98 Å². The van der Waals surface area contributed by atoms with Crippen molar-refractivity contribution in [1.82, 2.24) is 4.98 Å². The van der Waals surface area contributed by atoms with Crippen LogP contribution in [0.3, 0.4) is 0 Å². The number of hydrogen-bond donors (Lipinski definition) is 0. The number of nitrogens with zero attached hydrogens (tertiary/aromatic N) is 2. The van der Waals surface area contributed by atoms with Crippen LogP contribution >= 0.6 is 0 Å². The standard InChI is InChI=1S/C13H10N2O2.Ir/c16-12(10-6-2-1-3-7-10)15-13(17)11-8-4-5-9-14-11;/h1-9H,(H,15,16,17);/p-1. The molecule has 93 valence electrons. The van der Waals surface area contributed by atoms with Gasteiger partial charge in [0.25, 0.3) is 0 Å². The molecular formula is C13H9IrN2O2-. The fourth-order valence-electron chi connectivity index (χ4n) is 1.28. The smallest absolute Gasteiger partial charge is 0.106 e. The summed E-state index contributed by atoms with van der Waals surface area (Å²) in [4.78, 5) is 27.0. The van der Waals surface area contributed by atoms with Crippen molar-refractivity contribution in [2.24, 2.45) is 0 Å². The Balaban J connectivity index is 0.00000162. The maximum atomic E-state index is 11.6. The van der Waals surface area contributed by atoms with Gasteiger partial charge in [0.2, 0.25) is 0 Å². The average Bonchev–Trinajstić information content (AvgIpc) is 2.40. The molecule has 1 aromatic heterocycles. The van der Waals surface area contributed by atoms with E-state index >= 15 is 0 Å². The van der Waals surface area contributed by atoms with Crippen molar-refractivity contribution >= 4 is 11.8 Å². The number of amides is 2. The van der Waals surface area contributed by atoms with Crippen LogP contribution in [0.25, 0.3) is 5.32 Å². The van der Waals surface area contributed by atoms with Crippen molar-refractivity contribution in [2.45, 2.75) is 0 Å². The van der Waals surface area contributed by atoms with Crippen LogP contribution in [0.5, 0.6) is 0 Å². The Kier molecular flexibility index (Phi) is 5.36. The molecule has 0 N–H and O–H groups in total. The van der Waals surface area contributed by atoms with Gasteiger partial charge in [0.05, 0.1) is 11.6 Å². The molecule has 5 heteroatoms. The van der Waals surface area contributed by atoms with E-state index in [1.54, 1.807) is 42.5 Å². The van der Waals surface area contributed by atoms with E-state index in [1.807, 2.05) is 0 Å². The molecule has 18 heavy (non-hydrogen) atoms. The predicted octanol–water partition coefficient (Wildman–Crippen LogP) is 2.43. The molecule has 0 saturated carbocycles. The normalized spacial score (nSPS) is 9.11. The Hall–Kier alpha value is -1.84. The fourth-order valence-corrected chi connectivity index (χ4v) is 1.28. The number of hydrogen-bond acceptors (Lipinski definition) is 3. The van der Waals surface area contributed by atoms with E-state index in [9.17, 15) is 9.59 Å². The molecule has 1 radical (unpaired) electrons. The van der Waals surface area contributed by atoms with Crippen LogP contribution in [0.15, 0.2) is 54.7 Å². The Bertz CT molecular complexity index is 480. The fraction of sp³-hybridized carbons (Fsp3) is 0. The number of imide groups is 1. The van der Waals surface area contributed by atoms with E-state index in [0.717, 1.165) is 0 Å². The van der Waals surface area contributed by atoms with Crippen molar-refractivity contribution < 1.29 is 29.7 Å². The molecule has 1 heterocycles. The van der Waals surface area contributed by atoms with Crippen LogP contribution in [0.4, 0.5) is 0 Å². The molecule has 0 unspecified atom stereocenters. The molecule has 0 bridgehead atoms. The molecule has 0 spiro atoms. The largest absolute Gasteiger partial charge is 0.586 e. The quantitative estimate of drug-likeness (QED) is 0.706. The van der Waals surface area contributed by atoms with Gasteiger partial charge in [-0.1, -0.05) is 36.4 Å². The maximum absolute atomic E-state index is 11.6. The number of benzene rings is 1. The van der Waals surface area contributed by atoms with Crippen molar-refractivity contribution in [2.75, 3.05) is 0 Å². The van der Waals surface area contributed by atoms with Gasteiger partial charge >= 0.3 is 0 Å². The van der Waals surface area contributed by atoms with Crippen molar-refractivity contribution in [3.8, 4) is 0 Å². The van der Waals surface area contributed by atoms with E-state index in [2.05, 4.69) is 10.3 Å². The number of pyridine rings is 1. The maximum Gasteiger partial charge on any atom is 0.106 e. The van der Waals surface area contributed by atoms with Crippen molar-refractivity contribution in [1.29, 1.82) is 0 Å². The van der Waals surface area contributed by atoms with Crippen LogP contribution < -0.4 is 0 Å². The van der Waals surface area contributed by atoms with Crippen molar-refractivity contribution in [3.63, 3.8) is 0 Å². The molecule has 2 rings (SSSR count). The molecule has 2 amide bonds. The summed E-state index contributed by atoms with van der Waals surface area (Å²) in [7, 11) is 0. The summed E-state index contributed by atoms with van der Waals surface area (Å²) < 4.78 is 0. The second-order valence-electron chi connectivity index (χ2n) is 3.30.